The molecule has 17 heavy (non-hydrogen) atoms. The zero-order valence-electron chi connectivity index (χ0n) is 9.94. The second kappa shape index (κ2) is 5.02. The first-order chi connectivity index (χ1) is 8.13. The summed E-state index contributed by atoms with van der Waals surface area (Å²) in [5, 5.41) is 9.04. The molecule has 0 saturated carbocycles. The predicted molar refractivity (Wildman–Crippen MR) is 71.9 cm³/mol. The lowest BCUT2D eigenvalue weighted by atomic mass is 10.2. The molecule has 1 heterocycles. The number of halogens is 1. The van der Waals surface area contributed by atoms with Crippen LogP contribution in [-0.4, -0.2) is 21.3 Å². The van der Waals surface area contributed by atoms with Gasteiger partial charge >= 0.3 is 0 Å². The molecule has 0 saturated heterocycles. The lowest BCUT2D eigenvalue weighted by Gasteiger charge is -2.05. The third-order valence-electron chi connectivity index (χ3n) is 2.85. The number of imidazole rings is 1. The van der Waals surface area contributed by atoms with Gasteiger partial charge in [0.25, 0.3) is 0 Å². The molecule has 0 aliphatic rings. The largest absolute Gasteiger partial charge is 0.396 e. The number of aryl methyl sites for hydroxylation is 1. The third kappa shape index (κ3) is 2.42. The Kier molecular flexibility index (Phi) is 3.64. The molecule has 2 rings (SSSR count). The molecule has 0 aliphatic carbocycles. The van der Waals surface area contributed by atoms with Gasteiger partial charge in [-0.05, 0) is 19.1 Å². The summed E-state index contributed by atoms with van der Waals surface area (Å²) in [4.78, 5) is 4.57. The SMILES string of the molecule is Cc1nc(-c2cccc(Br)c2)n(C)c1CCO. The Bertz CT molecular complexity index is 534. The highest BCUT2D eigenvalue weighted by Gasteiger charge is 2.12. The monoisotopic (exact) mass is 294 g/mol. The Labute approximate surface area is 109 Å². The summed E-state index contributed by atoms with van der Waals surface area (Å²) in [6.45, 7) is 2.13. The molecule has 0 atom stereocenters. The van der Waals surface area contributed by atoms with Crippen molar-refractivity contribution < 1.29 is 5.11 Å². The minimum Gasteiger partial charge on any atom is -0.396 e. The van der Waals surface area contributed by atoms with Crippen LogP contribution in [0.15, 0.2) is 28.7 Å². The van der Waals surface area contributed by atoms with E-state index in [-0.39, 0.29) is 6.61 Å². The Balaban J connectivity index is 2.50. The van der Waals surface area contributed by atoms with Crippen LogP contribution in [0.4, 0.5) is 0 Å². The molecule has 0 fully saturated rings. The molecule has 0 spiro atoms. The van der Waals surface area contributed by atoms with Crippen molar-refractivity contribution in [2.75, 3.05) is 6.61 Å². The van der Waals surface area contributed by atoms with Crippen molar-refractivity contribution in [3.05, 3.63) is 40.1 Å². The number of aliphatic hydroxyl groups is 1. The fourth-order valence-electron chi connectivity index (χ4n) is 2.01. The number of rotatable bonds is 3. The normalized spacial score (nSPS) is 10.8. The minimum absolute atomic E-state index is 0.151. The zero-order valence-corrected chi connectivity index (χ0v) is 11.5. The molecular formula is C13H15BrN2O. The minimum atomic E-state index is 0.151. The molecule has 0 radical (unpaired) electrons. The summed E-state index contributed by atoms with van der Waals surface area (Å²) in [6.07, 6.45) is 0.642. The molecule has 1 N–H and O–H groups in total. The lowest BCUT2D eigenvalue weighted by molar-refractivity contribution is 0.296. The van der Waals surface area contributed by atoms with E-state index in [1.54, 1.807) is 0 Å². The van der Waals surface area contributed by atoms with Gasteiger partial charge in [-0.2, -0.15) is 0 Å². The highest BCUT2D eigenvalue weighted by molar-refractivity contribution is 9.10. The second-order valence-corrected chi connectivity index (χ2v) is 4.93. The molecule has 0 aliphatic heterocycles. The maximum Gasteiger partial charge on any atom is 0.140 e. The summed E-state index contributed by atoms with van der Waals surface area (Å²) < 4.78 is 3.09. The van der Waals surface area contributed by atoms with E-state index in [1.807, 2.05) is 42.8 Å². The van der Waals surface area contributed by atoms with Crippen molar-refractivity contribution in [3.63, 3.8) is 0 Å². The summed E-state index contributed by atoms with van der Waals surface area (Å²) in [5.74, 6) is 0.937. The Morgan fingerprint density at radius 1 is 1.41 bits per heavy atom. The van der Waals surface area contributed by atoms with Crippen LogP contribution in [-0.2, 0) is 13.5 Å². The third-order valence-corrected chi connectivity index (χ3v) is 3.34. The van der Waals surface area contributed by atoms with Crippen LogP contribution in [0.1, 0.15) is 11.4 Å². The first-order valence-electron chi connectivity index (χ1n) is 5.52. The quantitative estimate of drug-likeness (QED) is 0.945. The van der Waals surface area contributed by atoms with Gasteiger partial charge in [-0.25, -0.2) is 4.98 Å². The van der Waals surface area contributed by atoms with Crippen LogP contribution in [0.5, 0.6) is 0 Å². The van der Waals surface area contributed by atoms with E-state index in [1.165, 1.54) is 0 Å². The average molecular weight is 295 g/mol. The number of hydrogen-bond donors (Lipinski definition) is 1. The maximum absolute atomic E-state index is 9.04. The number of benzene rings is 1. The van der Waals surface area contributed by atoms with Gasteiger partial charge in [-0.3, -0.25) is 0 Å². The van der Waals surface area contributed by atoms with Crippen molar-refractivity contribution in [3.8, 4) is 11.4 Å². The van der Waals surface area contributed by atoms with E-state index < -0.39 is 0 Å². The standard InChI is InChI=1S/C13H15BrN2O/c1-9-12(6-7-17)16(2)13(15-9)10-4-3-5-11(14)8-10/h3-5,8,17H,6-7H2,1-2H3. The molecule has 0 bridgehead atoms. The van der Waals surface area contributed by atoms with Crippen molar-refractivity contribution >= 4 is 15.9 Å². The average Bonchev–Trinajstić information content (AvgIpc) is 2.57. The number of aromatic nitrogens is 2. The van der Waals surface area contributed by atoms with E-state index in [0.29, 0.717) is 6.42 Å². The highest BCUT2D eigenvalue weighted by atomic mass is 79.9. The Morgan fingerprint density at radius 2 is 2.18 bits per heavy atom. The number of hydrogen-bond acceptors (Lipinski definition) is 2. The van der Waals surface area contributed by atoms with Gasteiger partial charge in [-0.15, -0.1) is 0 Å². The van der Waals surface area contributed by atoms with Gasteiger partial charge in [0.15, 0.2) is 0 Å². The van der Waals surface area contributed by atoms with Crippen LogP contribution in [0.2, 0.25) is 0 Å². The van der Waals surface area contributed by atoms with E-state index in [9.17, 15) is 0 Å². The van der Waals surface area contributed by atoms with Gasteiger partial charge in [0, 0.05) is 35.8 Å². The van der Waals surface area contributed by atoms with Gasteiger partial charge in [0.1, 0.15) is 5.82 Å². The zero-order chi connectivity index (χ0) is 12.4. The molecular weight excluding hydrogens is 280 g/mol. The fraction of sp³-hybridized carbons (Fsp3) is 0.308. The summed E-state index contributed by atoms with van der Waals surface area (Å²) in [6, 6.07) is 8.07. The molecule has 1 aromatic heterocycles. The Morgan fingerprint density at radius 3 is 2.82 bits per heavy atom. The molecule has 0 unspecified atom stereocenters. The molecule has 90 valence electrons. The highest BCUT2D eigenvalue weighted by Crippen LogP contribution is 2.24. The van der Waals surface area contributed by atoms with Crippen molar-refractivity contribution in [1.29, 1.82) is 0 Å². The van der Waals surface area contributed by atoms with Crippen LogP contribution in [0, 0.1) is 6.92 Å². The van der Waals surface area contributed by atoms with Gasteiger partial charge in [0.05, 0.1) is 5.69 Å². The van der Waals surface area contributed by atoms with E-state index in [4.69, 9.17) is 5.11 Å². The fourth-order valence-corrected chi connectivity index (χ4v) is 2.41. The molecule has 3 nitrogen and oxygen atoms in total. The smallest absolute Gasteiger partial charge is 0.140 e. The molecule has 0 amide bonds. The van der Waals surface area contributed by atoms with Crippen LogP contribution < -0.4 is 0 Å². The van der Waals surface area contributed by atoms with Gasteiger partial charge in [0.2, 0.25) is 0 Å². The summed E-state index contributed by atoms with van der Waals surface area (Å²) in [7, 11) is 1.99. The van der Waals surface area contributed by atoms with Crippen LogP contribution in [0.25, 0.3) is 11.4 Å². The summed E-state index contributed by atoms with van der Waals surface area (Å²) >= 11 is 3.46. The molecule has 2 aromatic rings. The van der Waals surface area contributed by atoms with Crippen LogP contribution in [0.3, 0.4) is 0 Å². The molecule has 4 heteroatoms. The predicted octanol–water partition coefficient (Wildman–Crippen LogP) is 2.69. The maximum atomic E-state index is 9.04. The number of aliphatic hydroxyl groups excluding tert-OH is 1. The van der Waals surface area contributed by atoms with E-state index in [2.05, 4.69) is 20.9 Å². The Hall–Kier alpha value is -1.13. The first-order valence-corrected chi connectivity index (χ1v) is 6.31. The van der Waals surface area contributed by atoms with Gasteiger partial charge < -0.3 is 9.67 Å². The van der Waals surface area contributed by atoms with Crippen molar-refractivity contribution in [2.24, 2.45) is 7.05 Å². The van der Waals surface area contributed by atoms with Crippen molar-refractivity contribution in [1.82, 2.24) is 9.55 Å². The number of nitrogens with zero attached hydrogens (tertiary/aromatic N) is 2. The van der Waals surface area contributed by atoms with E-state index in [0.717, 1.165) is 27.2 Å². The first kappa shape index (κ1) is 12.3. The van der Waals surface area contributed by atoms with Crippen LogP contribution >= 0.6 is 15.9 Å². The second-order valence-electron chi connectivity index (χ2n) is 4.01. The lowest BCUT2D eigenvalue weighted by Crippen LogP contribution is -2.02. The van der Waals surface area contributed by atoms with Gasteiger partial charge in [-0.1, -0.05) is 28.1 Å². The molecule has 1 aromatic carbocycles. The topological polar surface area (TPSA) is 38.0 Å². The van der Waals surface area contributed by atoms with E-state index >= 15 is 0 Å². The summed E-state index contributed by atoms with van der Waals surface area (Å²) in [5.41, 5.74) is 3.15. The van der Waals surface area contributed by atoms with Crippen molar-refractivity contribution in [2.45, 2.75) is 13.3 Å².